The van der Waals surface area contributed by atoms with Crippen LogP contribution in [0.5, 0.6) is 5.75 Å². The van der Waals surface area contributed by atoms with E-state index in [0.717, 1.165) is 5.69 Å². The molecule has 0 atom stereocenters. The van der Waals surface area contributed by atoms with Crippen molar-refractivity contribution >= 4 is 11.4 Å². The molecule has 0 aliphatic rings. The van der Waals surface area contributed by atoms with Crippen LogP contribution in [-0.4, -0.2) is 24.9 Å². The number of nitrogens with two attached hydrogens (primary N) is 1. The molecule has 0 amide bonds. The maximum absolute atomic E-state index is 8.66. The first kappa shape index (κ1) is 10.7. The summed E-state index contributed by atoms with van der Waals surface area (Å²) < 4.78 is 5.33. The Labute approximate surface area is 83.7 Å². The largest absolute Gasteiger partial charge is 0.492 e. The maximum Gasteiger partial charge on any atom is 0.144 e. The summed E-state index contributed by atoms with van der Waals surface area (Å²) in [6, 6.07) is 5.54. The van der Waals surface area contributed by atoms with Gasteiger partial charge in [0.05, 0.1) is 24.6 Å². The van der Waals surface area contributed by atoms with E-state index in [1.54, 1.807) is 0 Å². The van der Waals surface area contributed by atoms with E-state index in [9.17, 15) is 0 Å². The number of aliphatic hydroxyl groups excluding tert-OH is 1. The van der Waals surface area contributed by atoms with Gasteiger partial charge in [0.1, 0.15) is 5.75 Å². The van der Waals surface area contributed by atoms with Gasteiger partial charge in [0, 0.05) is 6.54 Å². The van der Waals surface area contributed by atoms with Gasteiger partial charge in [-0.1, -0.05) is 6.07 Å². The molecule has 4 nitrogen and oxygen atoms in total. The molecule has 1 aromatic carbocycles. The highest BCUT2D eigenvalue weighted by molar-refractivity contribution is 5.72. The molecule has 0 unspecified atom stereocenters. The van der Waals surface area contributed by atoms with E-state index in [1.165, 1.54) is 0 Å². The van der Waals surface area contributed by atoms with Crippen molar-refractivity contribution in [2.24, 2.45) is 0 Å². The van der Waals surface area contributed by atoms with Crippen LogP contribution in [0.1, 0.15) is 6.92 Å². The molecule has 1 rings (SSSR count). The number of ether oxygens (including phenoxy) is 1. The zero-order valence-corrected chi connectivity index (χ0v) is 8.29. The lowest BCUT2D eigenvalue weighted by atomic mass is 10.2. The monoisotopic (exact) mass is 196 g/mol. The van der Waals surface area contributed by atoms with Crippen LogP contribution in [0.25, 0.3) is 0 Å². The van der Waals surface area contributed by atoms with Crippen LogP contribution < -0.4 is 15.8 Å². The van der Waals surface area contributed by atoms with E-state index < -0.39 is 0 Å². The molecular weight excluding hydrogens is 180 g/mol. The Morgan fingerprint density at radius 3 is 2.93 bits per heavy atom. The summed E-state index contributed by atoms with van der Waals surface area (Å²) in [5.74, 6) is 0.676. The molecule has 0 fully saturated rings. The van der Waals surface area contributed by atoms with Gasteiger partial charge in [-0.3, -0.25) is 0 Å². The number of benzene rings is 1. The van der Waals surface area contributed by atoms with Crippen LogP contribution >= 0.6 is 0 Å². The van der Waals surface area contributed by atoms with Gasteiger partial charge in [-0.15, -0.1) is 0 Å². The van der Waals surface area contributed by atoms with Crippen molar-refractivity contribution in [2.45, 2.75) is 6.92 Å². The number of aliphatic hydroxyl groups is 1. The van der Waals surface area contributed by atoms with Crippen LogP contribution in [0.2, 0.25) is 0 Å². The van der Waals surface area contributed by atoms with E-state index in [1.807, 2.05) is 25.1 Å². The van der Waals surface area contributed by atoms with Crippen LogP contribution in [0.3, 0.4) is 0 Å². The second-order valence-electron chi connectivity index (χ2n) is 2.80. The summed E-state index contributed by atoms with van der Waals surface area (Å²) in [6.45, 7) is 3.07. The number of nitrogens with one attached hydrogen (secondary N) is 1. The lowest BCUT2D eigenvalue weighted by molar-refractivity contribution is 0.311. The lowest BCUT2D eigenvalue weighted by Crippen LogP contribution is -2.08. The van der Waals surface area contributed by atoms with Gasteiger partial charge in [0.2, 0.25) is 0 Å². The highest BCUT2D eigenvalue weighted by atomic mass is 16.5. The number of hydrogen-bond acceptors (Lipinski definition) is 4. The third-order valence-electron chi connectivity index (χ3n) is 1.79. The van der Waals surface area contributed by atoms with Crippen molar-refractivity contribution in [1.29, 1.82) is 0 Å². The van der Waals surface area contributed by atoms with Gasteiger partial charge in [-0.25, -0.2) is 0 Å². The molecular formula is C10H16N2O2. The van der Waals surface area contributed by atoms with Gasteiger partial charge < -0.3 is 20.9 Å². The normalized spacial score (nSPS) is 9.86. The molecule has 0 saturated carbocycles. The minimum Gasteiger partial charge on any atom is -0.492 e. The number of para-hydroxylation sites is 1. The van der Waals surface area contributed by atoms with Crippen LogP contribution in [-0.2, 0) is 0 Å². The van der Waals surface area contributed by atoms with E-state index in [2.05, 4.69) is 5.32 Å². The molecule has 0 spiro atoms. The number of anilines is 2. The Morgan fingerprint density at radius 2 is 2.29 bits per heavy atom. The molecule has 0 heterocycles. The first-order valence-electron chi connectivity index (χ1n) is 4.65. The average Bonchev–Trinajstić information content (AvgIpc) is 2.20. The minimum atomic E-state index is 0.0816. The Hall–Kier alpha value is -1.42. The summed E-state index contributed by atoms with van der Waals surface area (Å²) in [5, 5.41) is 11.7. The Morgan fingerprint density at radius 1 is 1.50 bits per heavy atom. The van der Waals surface area contributed by atoms with Gasteiger partial charge in [0.15, 0.2) is 0 Å². The molecule has 0 aliphatic heterocycles. The zero-order chi connectivity index (χ0) is 10.4. The lowest BCUT2D eigenvalue weighted by Gasteiger charge is -2.12. The quantitative estimate of drug-likeness (QED) is 0.616. The third kappa shape index (κ3) is 2.53. The summed E-state index contributed by atoms with van der Waals surface area (Å²) in [7, 11) is 0. The van der Waals surface area contributed by atoms with Crippen LogP contribution in [0.4, 0.5) is 11.4 Å². The third-order valence-corrected chi connectivity index (χ3v) is 1.79. The van der Waals surface area contributed by atoms with E-state index in [0.29, 0.717) is 24.6 Å². The van der Waals surface area contributed by atoms with Crippen molar-refractivity contribution in [3.63, 3.8) is 0 Å². The Kier molecular flexibility index (Phi) is 4.07. The van der Waals surface area contributed by atoms with Crippen LogP contribution in [0, 0.1) is 0 Å². The molecule has 14 heavy (non-hydrogen) atoms. The fourth-order valence-electron chi connectivity index (χ4n) is 1.17. The molecule has 4 N–H and O–H groups in total. The van der Waals surface area contributed by atoms with Crippen molar-refractivity contribution in [3.05, 3.63) is 18.2 Å². The molecule has 1 aromatic rings. The topological polar surface area (TPSA) is 67.5 Å². The van der Waals surface area contributed by atoms with Crippen molar-refractivity contribution in [2.75, 3.05) is 30.8 Å². The zero-order valence-electron chi connectivity index (χ0n) is 8.29. The predicted octanol–water partition coefficient (Wildman–Crippen LogP) is 1.07. The number of hydrogen-bond donors (Lipinski definition) is 3. The average molecular weight is 196 g/mol. The Balaban J connectivity index is 2.78. The van der Waals surface area contributed by atoms with Crippen LogP contribution in [0.15, 0.2) is 18.2 Å². The number of nitrogen functional groups attached to an aromatic ring is 1. The molecule has 0 aromatic heterocycles. The molecule has 4 heteroatoms. The van der Waals surface area contributed by atoms with Gasteiger partial charge in [-0.05, 0) is 19.1 Å². The second kappa shape index (κ2) is 5.34. The predicted molar refractivity (Wildman–Crippen MR) is 57.6 cm³/mol. The van der Waals surface area contributed by atoms with Crippen molar-refractivity contribution in [3.8, 4) is 5.75 Å². The molecule has 0 bridgehead atoms. The summed E-state index contributed by atoms with van der Waals surface area (Å²) in [4.78, 5) is 0. The van der Waals surface area contributed by atoms with Crippen molar-refractivity contribution < 1.29 is 9.84 Å². The first-order chi connectivity index (χ1) is 6.79. The fourth-order valence-corrected chi connectivity index (χ4v) is 1.17. The Bertz CT molecular complexity index is 289. The molecule has 0 aliphatic carbocycles. The highest BCUT2D eigenvalue weighted by Crippen LogP contribution is 2.28. The highest BCUT2D eigenvalue weighted by Gasteiger charge is 2.03. The first-order valence-corrected chi connectivity index (χ1v) is 4.65. The summed E-state index contributed by atoms with van der Waals surface area (Å²) in [6.07, 6.45) is 0. The minimum absolute atomic E-state index is 0.0816. The van der Waals surface area contributed by atoms with Gasteiger partial charge >= 0.3 is 0 Å². The molecule has 0 saturated heterocycles. The molecule has 0 radical (unpaired) electrons. The van der Waals surface area contributed by atoms with Gasteiger partial charge in [-0.2, -0.15) is 0 Å². The maximum atomic E-state index is 8.66. The van der Waals surface area contributed by atoms with Crippen molar-refractivity contribution in [1.82, 2.24) is 0 Å². The smallest absolute Gasteiger partial charge is 0.144 e. The second-order valence-corrected chi connectivity index (χ2v) is 2.80. The number of rotatable bonds is 5. The SMILES string of the molecule is CCOc1cccc(NCCO)c1N. The van der Waals surface area contributed by atoms with E-state index in [-0.39, 0.29) is 6.61 Å². The summed E-state index contributed by atoms with van der Waals surface area (Å²) in [5.41, 5.74) is 7.22. The van der Waals surface area contributed by atoms with E-state index >= 15 is 0 Å². The standard InChI is InChI=1S/C10H16N2O2/c1-2-14-9-5-3-4-8(10(9)11)12-6-7-13/h3-5,12-13H,2,6-7,11H2,1H3. The summed E-state index contributed by atoms with van der Waals surface area (Å²) >= 11 is 0. The molecule has 78 valence electrons. The van der Waals surface area contributed by atoms with E-state index in [4.69, 9.17) is 15.6 Å². The van der Waals surface area contributed by atoms with Gasteiger partial charge in [0.25, 0.3) is 0 Å². The fraction of sp³-hybridized carbons (Fsp3) is 0.400.